The van der Waals surface area contributed by atoms with Crippen LogP contribution in [-0.4, -0.2) is 45.1 Å². The van der Waals surface area contributed by atoms with Gasteiger partial charge in [0, 0.05) is 31.8 Å². The molecule has 0 bridgehead atoms. The molecule has 0 saturated heterocycles. The molecule has 128 valence electrons. The number of carbonyl (C=O) groups is 2. The van der Waals surface area contributed by atoms with E-state index in [0.29, 0.717) is 43.5 Å². The normalized spacial score (nSPS) is 14.2. The quantitative estimate of drug-likeness (QED) is 0.709. The first kappa shape index (κ1) is 17.4. The third-order valence-electron chi connectivity index (χ3n) is 3.74. The van der Waals surface area contributed by atoms with Gasteiger partial charge in [0.1, 0.15) is 0 Å². The summed E-state index contributed by atoms with van der Waals surface area (Å²) in [5, 5.41) is 12.7. The smallest absolute Gasteiger partial charge is 0.305 e. The summed E-state index contributed by atoms with van der Waals surface area (Å²) in [5.74, 6) is 1.25. The standard InChI is InChI=1S/C16H25N3O4/c1-11(2)10-19(9-8-15(21)22)14(20)5-3-4-13-17-16(18-23-13)12-6-7-12/h11-12H,3-10H2,1-2H3,(H,21,22). The van der Waals surface area contributed by atoms with Crippen LogP contribution in [0.15, 0.2) is 4.52 Å². The molecule has 0 radical (unpaired) electrons. The van der Waals surface area contributed by atoms with Crippen LogP contribution >= 0.6 is 0 Å². The minimum atomic E-state index is -0.884. The monoisotopic (exact) mass is 323 g/mol. The highest BCUT2D eigenvalue weighted by Crippen LogP contribution is 2.38. The van der Waals surface area contributed by atoms with Crippen molar-refractivity contribution in [3.05, 3.63) is 11.7 Å². The summed E-state index contributed by atoms with van der Waals surface area (Å²) >= 11 is 0. The first-order valence-corrected chi connectivity index (χ1v) is 8.27. The van der Waals surface area contributed by atoms with E-state index < -0.39 is 5.97 Å². The number of amides is 1. The number of aryl methyl sites for hydroxylation is 1. The molecule has 2 rings (SSSR count). The van der Waals surface area contributed by atoms with Gasteiger partial charge in [-0.3, -0.25) is 9.59 Å². The van der Waals surface area contributed by atoms with Gasteiger partial charge in [-0.15, -0.1) is 0 Å². The zero-order chi connectivity index (χ0) is 16.8. The largest absolute Gasteiger partial charge is 0.481 e. The number of nitrogens with zero attached hydrogens (tertiary/aromatic N) is 3. The van der Waals surface area contributed by atoms with Crippen molar-refractivity contribution in [2.45, 2.75) is 58.3 Å². The maximum atomic E-state index is 12.3. The molecule has 1 aromatic rings. The molecule has 23 heavy (non-hydrogen) atoms. The van der Waals surface area contributed by atoms with E-state index in [1.807, 2.05) is 13.8 Å². The first-order valence-electron chi connectivity index (χ1n) is 8.27. The zero-order valence-electron chi connectivity index (χ0n) is 13.8. The summed E-state index contributed by atoms with van der Waals surface area (Å²) in [5.41, 5.74) is 0. The summed E-state index contributed by atoms with van der Waals surface area (Å²) in [6.07, 6.45) is 3.82. The van der Waals surface area contributed by atoms with Crippen LogP contribution < -0.4 is 0 Å². The van der Waals surface area contributed by atoms with Crippen molar-refractivity contribution in [2.75, 3.05) is 13.1 Å². The van der Waals surface area contributed by atoms with Crippen LogP contribution in [0.3, 0.4) is 0 Å². The fraction of sp³-hybridized carbons (Fsp3) is 0.750. The lowest BCUT2D eigenvalue weighted by Gasteiger charge is -2.24. The fourth-order valence-electron chi connectivity index (χ4n) is 2.42. The molecule has 0 spiro atoms. The lowest BCUT2D eigenvalue weighted by Crippen LogP contribution is -2.35. The molecule has 0 aromatic carbocycles. The Morgan fingerprint density at radius 1 is 1.35 bits per heavy atom. The number of aliphatic carboxylic acids is 1. The van der Waals surface area contributed by atoms with Crippen molar-refractivity contribution >= 4 is 11.9 Å². The second kappa shape index (κ2) is 8.08. The van der Waals surface area contributed by atoms with Crippen LogP contribution in [-0.2, 0) is 16.0 Å². The van der Waals surface area contributed by atoms with E-state index in [0.717, 1.165) is 18.7 Å². The molecule has 1 fully saturated rings. The molecular weight excluding hydrogens is 298 g/mol. The Kier molecular flexibility index (Phi) is 6.12. The van der Waals surface area contributed by atoms with Crippen LogP contribution in [0.5, 0.6) is 0 Å². The predicted molar refractivity (Wildman–Crippen MR) is 82.9 cm³/mol. The molecule has 1 saturated carbocycles. The molecule has 0 unspecified atom stereocenters. The van der Waals surface area contributed by atoms with Gasteiger partial charge in [-0.1, -0.05) is 19.0 Å². The minimum Gasteiger partial charge on any atom is -0.481 e. The van der Waals surface area contributed by atoms with Gasteiger partial charge in [0.15, 0.2) is 5.82 Å². The van der Waals surface area contributed by atoms with Crippen LogP contribution in [0, 0.1) is 5.92 Å². The maximum absolute atomic E-state index is 12.3. The van der Waals surface area contributed by atoms with E-state index in [9.17, 15) is 9.59 Å². The Morgan fingerprint density at radius 3 is 2.70 bits per heavy atom. The van der Waals surface area contributed by atoms with Gasteiger partial charge < -0.3 is 14.5 Å². The van der Waals surface area contributed by atoms with Gasteiger partial charge in [-0.2, -0.15) is 4.98 Å². The summed E-state index contributed by atoms with van der Waals surface area (Å²) in [6.45, 7) is 4.87. The molecule has 0 aliphatic heterocycles. The van der Waals surface area contributed by atoms with Crippen molar-refractivity contribution in [3.63, 3.8) is 0 Å². The number of hydrogen-bond donors (Lipinski definition) is 1. The molecule has 7 heteroatoms. The highest BCUT2D eigenvalue weighted by atomic mass is 16.5. The number of carboxylic acid groups (broad SMARTS) is 1. The van der Waals surface area contributed by atoms with E-state index in [2.05, 4.69) is 10.1 Å². The Hall–Kier alpha value is -1.92. The van der Waals surface area contributed by atoms with Crippen molar-refractivity contribution < 1.29 is 19.2 Å². The van der Waals surface area contributed by atoms with Crippen LogP contribution in [0.25, 0.3) is 0 Å². The maximum Gasteiger partial charge on any atom is 0.305 e. The highest BCUT2D eigenvalue weighted by molar-refractivity contribution is 5.77. The van der Waals surface area contributed by atoms with Crippen LogP contribution in [0.2, 0.25) is 0 Å². The van der Waals surface area contributed by atoms with Gasteiger partial charge >= 0.3 is 5.97 Å². The third-order valence-corrected chi connectivity index (χ3v) is 3.74. The van der Waals surface area contributed by atoms with Crippen molar-refractivity contribution in [2.24, 2.45) is 5.92 Å². The average molecular weight is 323 g/mol. The molecular formula is C16H25N3O4. The number of aromatic nitrogens is 2. The summed E-state index contributed by atoms with van der Waals surface area (Å²) in [7, 11) is 0. The Bertz CT molecular complexity index is 537. The number of carbonyl (C=O) groups excluding carboxylic acids is 1. The summed E-state index contributed by atoms with van der Waals surface area (Å²) in [6, 6.07) is 0. The number of hydrogen-bond acceptors (Lipinski definition) is 5. The molecule has 0 atom stereocenters. The van der Waals surface area contributed by atoms with Crippen molar-refractivity contribution in [3.8, 4) is 0 Å². The molecule has 1 aromatic heterocycles. The fourth-order valence-corrected chi connectivity index (χ4v) is 2.42. The Morgan fingerprint density at radius 2 is 2.09 bits per heavy atom. The summed E-state index contributed by atoms with van der Waals surface area (Å²) < 4.78 is 5.19. The second-order valence-electron chi connectivity index (χ2n) is 6.55. The highest BCUT2D eigenvalue weighted by Gasteiger charge is 2.28. The van der Waals surface area contributed by atoms with Gasteiger partial charge in [-0.25, -0.2) is 0 Å². The minimum absolute atomic E-state index is 0.0121. The lowest BCUT2D eigenvalue weighted by molar-refractivity contribution is -0.138. The van der Waals surface area contributed by atoms with Crippen LogP contribution in [0.1, 0.15) is 63.6 Å². The van der Waals surface area contributed by atoms with E-state index in [4.69, 9.17) is 9.63 Å². The third kappa shape index (κ3) is 6.00. The molecule has 1 amide bonds. The topological polar surface area (TPSA) is 96.5 Å². The first-order chi connectivity index (χ1) is 11.0. The Balaban J connectivity index is 1.76. The van der Waals surface area contributed by atoms with Gasteiger partial charge in [0.2, 0.25) is 11.8 Å². The summed E-state index contributed by atoms with van der Waals surface area (Å²) in [4.78, 5) is 29.0. The second-order valence-corrected chi connectivity index (χ2v) is 6.55. The lowest BCUT2D eigenvalue weighted by atomic mass is 10.1. The number of carboxylic acids is 1. The Labute approximate surface area is 136 Å². The van der Waals surface area contributed by atoms with E-state index in [-0.39, 0.29) is 18.9 Å². The molecule has 1 aliphatic carbocycles. The van der Waals surface area contributed by atoms with Gasteiger partial charge in [0.05, 0.1) is 6.42 Å². The van der Waals surface area contributed by atoms with Crippen molar-refractivity contribution in [1.82, 2.24) is 15.0 Å². The SMILES string of the molecule is CC(C)CN(CCC(=O)O)C(=O)CCCc1nc(C2CC2)no1. The van der Waals surface area contributed by atoms with Crippen molar-refractivity contribution in [1.29, 1.82) is 0 Å². The van der Waals surface area contributed by atoms with Gasteiger partial charge in [0.25, 0.3) is 0 Å². The van der Waals surface area contributed by atoms with E-state index in [1.165, 1.54) is 0 Å². The average Bonchev–Trinajstić information content (AvgIpc) is 3.22. The molecule has 1 aliphatic rings. The molecule has 1 heterocycles. The van der Waals surface area contributed by atoms with Crippen LogP contribution in [0.4, 0.5) is 0 Å². The molecule has 1 N–H and O–H groups in total. The molecule has 7 nitrogen and oxygen atoms in total. The van der Waals surface area contributed by atoms with Gasteiger partial charge in [-0.05, 0) is 25.2 Å². The zero-order valence-corrected chi connectivity index (χ0v) is 13.8. The van der Waals surface area contributed by atoms with E-state index in [1.54, 1.807) is 4.90 Å². The van der Waals surface area contributed by atoms with E-state index >= 15 is 0 Å². The predicted octanol–water partition coefficient (Wildman–Crippen LogP) is 2.23. The number of rotatable bonds is 10.